The van der Waals surface area contributed by atoms with Crippen molar-refractivity contribution in [1.82, 2.24) is 14.8 Å². The average Bonchev–Trinajstić information content (AvgIpc) is 3.38. The number of anilines is 1. The number of imide groups is 1. The number of aromatic nitrogens is 1. The second-order valence-corrected chi connectivity index (χ2v) is 8.49. The van der Waals surface area contributed by atoms with Crippen LogP contribution in [0.5, 0.6) is 0 Å². The summed E-state index contributed by atoms with van der Waals surface area (Å²) in [5, 5.41) is 2.95. The predicted octanol–water partition coefficient (Wildman–Crippen LogP) is 3.37. The van der Waals surface area contributed by atoms with Gasteiger partial charge in [0.1, 0.15) is 5.82 Å². The minimum Gasteiger partial charge on any atom is -0.346 e. The van der Waals surface area contributed by atoms with Crippen molar-refractivity contribution in [2.75, 3.05) is 44.2 Å². The zero-order valence-corrected chi connectivity index (χ0v) is 17.6. The largest absolute Gasteiger partial charge is 0.346 e. The van der Waals surface area contributed by atoms with Crippen molar-refractivity contribution in [2.24, 2.45) is 0 Å². The molecule has 0 radical (unpaired) electrons. The van der Waals surface area contributed by atoms with Gasteiger partial charge in [0.05, 0.1) is 16.8 Å². The van der Waals surface area contributed by atoms with Crippen molar-refractivity contribution >= 4 is 28.3 Å². The Balaban J connectivity index is 1.15. The fourth-order valence-corrected chi connectivity index (χ4v) is 4.90. The SMILES string of the molecule is O=C1c2ccccc2C(=O)N1CCN1CCN(c2nc(-c3ccc(F)cc3)cs2)CC1. The Morgan fingerprint density at radius 2 is 1.52 bits per heavy atom. The first-order valence-corrected chi connectivity index (χ1v) is 11.1. The molecule has 2 amide bonds. The quantitative estimate of drug-likeness (QED) is 0.574. The number of amides is 2. The summed E-state index contributed by atoms with van der Waals surface area (Å²) in [7, 11) is 0. The van der Waals surface area contributed by atoms with Gasteiger partial charge in [-0.15, -0.1) is 11.3 Å². The van der Waals surface area contributed by atoms with Crippen LogP contribution in [0.25, 0.3) is 11.3 Å². The first kappa shape index (κ1) is 19.8. The highest BCUT2D eigenvalue weighted by Gasteiger charge is 2.35. The van der Waals surface area contributed by atoms with Gasteiger partial charge >= 0.3 is 0 Å². The molecule has 2 aromatic carbocycles. The summed E-state index contributed by atoms with van der Waals surface area (Å²) in [5.74, 6) is -0.651. The molecule has 2 aliphatic rings. The number of carbonyl (C=O) groups excluding carboxylic acids is 2. The van der Waals surface area contributed by atoms with E-state index in [-0.39, 0.29) is 17.6 Å². The first-order valence-electron chi connectivity index (χ1n) is 10.2. The molecule has 0 N–H and O–H groups in total. The van der Waals surface area contributed by atoms with E-state index < -0.39 is 0 Å². The Kier molecular flexibility index (Phi) is 5.25. The minimum absolute atomic E-state index is 0.199. The fourth-order valence-electron chi connectivity index (χ4n) is 4.01. The smallest absolute Gasteiger partial charge is 0.261 e. The molecule has 0 spiro atoms. The van der Waals surface area contributed by atoms with Crippen molar-refractivity contribution in [3.63, 3.8) is 0 Å². The lowest BCUT2D eigenvalue weighted by Gasteiger charge is -2.35. The van der Waals surface area contributed by atoms with E-state index >= 15 is 0 Å². The zero-order valence-electron chi connectivity index (χ0n) is 16.8. The molecular formula is C23H21FN4O2S. The van der Waals surface area contributed by atoms with Crippen LogP contribution in [0, 0.1) is 5.82 Å². The van der Waals surface area contributed by atoms with E-state index in [1.807, 2.05) is 5.38 Å². The number of halogens is 1. The van der Waals surface area contributed by atoms with Crippen LogP contribution < -0.4 is 4.90 Å². The Hall–Kier alpha value is -3.10. The Morgan fingerprint density at radius 1 is 0.871 bits per heavy atom. The molecule has 3 aromatic rings. The van der Waals surface area contributed by atoms with Crippen LogP contribution >= 0.6 is 11.3 Å². The highest BCUT2D eigenvalue weighted by atomic mass is 32.1. The van der Waals surface area contributed by atoms with Gasteiger partial charge in [0.25, 0.3) is 11.8 Å². The lowest BCUT2D eigenvalue weighted by molar-refractivity contribution is 0.0635. The third kappa shape index (κ3) is 3.84. The van der Waals surface area contributed by atoms with Gasteiger partial charge in [-0.3, -0.25) is 19.4 Å². The topological polar surface area (TPSA) is 56.8 Å². The van der Waals surface area contributed by atoms with E-state index in [2.05, 4.69) is 9.80 Å². The molecule has 31 heavy (non-hydrogen) atoms. The van der Waals surface area contributed by atoms with Crippen molar-refractivity contribution < 1.29 is 14.0 Å². The van der Waals surface area contributed by atoms with Gasteiger partial charge in [0.2, 0.25) is 0 Å². The summed E-state index contributed by atoms with van der Waals surface area (Å²) < 4.78 is 13.1. The van der Waals surface area contributed by atoms with Gasteiger partial charge in [-0.1, -0.05) is 12.1 Å². The summed E-state index contributed by atoms with van der Waals surface area (Å²) in [5.41, 5.74) is 2.76. The lowest BCUT2D eigenvalue weighted by Crippen LogP contribution is -2.49. The van der Waals surface area contributed by atoms with Crippen LogP contribution in [-0.2, 0) is 0 Å². The number of piperazine rings is 1. The van der Waals surface area contributed by atoms with Gasteiger partial charge in [0.15, 0.2) is 5.13 Å². The Morgan fingerprint density at radius 3 is 2.16 bits per heavy atom. The molecule has 1 fully saturated rings. The maximum absolute atomic E-state index is 13.1. The van der Waals surface area contributed by atoms with Crippen LogP contribution in [0.2, 0.25) is 0 Å². The van der Waals surface area contributed by atoms with E-state index in [1.165, 1.54) is 17.0 Å². The molecule has 0 unspecified atom stereocenters. The average molecular weight is 437 g/mol. The summed E-state index contributed by atoms with van der Waals surface area (Å²) in [6.45, 7) is 4.41. The van der Waals surface area contributed by atoms with Crippen molar-refractivity contribution in [2.45, 2.75) is 0 Å². The van der Waals surface area contributed by atoms with Gasteiger partial charge in [-0.05, 0) is 36.4 Å². The first-order chi connectivity index (χ1) is 15.1. The number of carbonyl (C=O) groups is 2. The van der Waals surface area contributed by atoms with E-state index in [9.17, 15) is 14.0 Å². The van der Waals surface area contributed by atoms with E-state index in [1.54, 1.807) is 47.7 Å². The second-order valence-electron chi connectivity index (χ2n) is 7.66. The van der Waals surface area contributed by atoms with E-state index in [0.717, 1.165) is 42.6 Å². The minimum atomic E-state index is -0.253. The second kappa shape index (κ2) is 8.20. The number of fused-ring (bicyclic) bond motifs is 1. The van der Waals surface area contributed by atoms with Crippen molar-refractivity contribution in [1.29, 1.82) is 0 Å². The lowest BCUT2D eigenvalue weighted by atomic mass is 10.1. The molecule has 6 nitrogen and oxygen atoms in total. The van der Waals surface area contributed by atoms with Gasteiger partial charge in [-0.25, -0.2) is 9.37 Å². The molecule has 1 aromatic heterocycles. The third-order valence-corrected chi connectivity index (χ3v) is 6.69. The summed E-state index contributed by atoms with van der Waals surface area (Å²) in [6, 6.07) is 13.4. The summed E-state index contributed by atoms with van der Waals surface area (Å²) in [4.78, 5) is 35.6. The molecule has 0 bridgehead atoms. The molecule has 0 aliphatic carbocycles. The van der Waals surface area contributed by atoms with Crippen LogP contribution in [0.3, 0.4) is 0 Å². The molecule has 2 aliphatic heterocycles. The van der Waals surface area contributed by atoms with E-state index in [4.69, 9.17) is 4.98 Å². The predicted molar refractivity (Wildman–Crippen MR) is 118 cm³/mol. The van der Waals surface area contributed by atoms with Gasteiger partial charge in [0, 0.05) is 50.2 Å². The number of thiazole rings is 1. The maximum atomic E-state index is 13.1. The molecule has 3 heterocycles. The molecule has 5 rings (SSSR count). The summed E-state index contributed by atoms with van der Waals surface area (Å²) in [6.07, 6.45) is 0. The highest BCUT2D eigenvalue weighted by molar-refractivity contribution is 7.14. The van der Waals surface area contributed by atoms with Crippen molar-refractivity contribution in [3.8, 4) is 11.3 Å². The molecule has 158 valence electrons. The number of benzene rings is 2. The van der Waals surface area contributed by atoms with Crippen LogP contribution in [0.1, 0.15) is 20.7 Å². The molecule has 8 heteroatoms. The highest BCUT2D eigenvalue weighted by Crippen LogP contribution is 2.28. The molecule has 0 atom stereocenters. The van der Waals surface area contributed by atoms with E-state index in [0.29, 0.717) is 24.2 Å². The number of nitrogens with zero attached hydrogens (tertiary/aromatic N) is 4. The normalized spacial score (nSPS) is 16.8. The van der Waals surface area contributed by atoms with Crippen LogP contribution in [-0.4, -0.2) is 65.9 Å². The Bertz CT molecular complexity index is 1090. The van der Waals surface area contributed by atoms with Crippen LogP contribution in [0.4, 0.5) is 9.52 Å². The molecule has 1 saturated heterocycles. The zero-order chi connectivity index (χ0) is 21.4. The van der Waals surface area contributed by atoms with Crippen LogP contribution in [0.15, 0.2) is 53.9 Å². The number of hydrogen-bond acceptors (Lipinski definition) is 6. The van der Waals surface area contributed by atoms with Crippen molar-refractivity contribution in [3.05, 3.63) is 70.9 Å². The molecular weight excluding hydrogens is 415 g/mol. The number of rotatable bonds is 5. The maximum Gasteiger partial charge on any atom is 0.261 e. The van der Waals surface area contributed by atoms with Gasteiger partial charge < -0.3 is 4.90 Å². The summed E-state index contributed by atoms with van der Waals surface area (Å²) >= 11 is 1.59. The molecule has 0 saturated carbocycles. The monoisotopic (exact) mass is 436 g/mol. The fraction of sp³-hybridized carbons (Fsp3) is 0.261. The number of hydrogen-bond donors (Lipinski definition) is 0. The third-order valence-electron chi connectivity index (χ3n) is 5.79. The standard InChI is InChI=1S/C23H21FN4O2S/c24-17-7-5-16(6-8-17)20-15-31-23(25-20)27-12-9-26(10-13-27)11-14-28-21(29)18-3-1-2-4-19(18)22(28)30/h1-8,15H,9-14H2. The van der Waals surface area contributed by atoms with Gasteiger partial charge in [-0.2, -0.15) is 0 Å². The Labute approximate surface area is 183 Å².